The summed E-state index contributed by atoms with van der Waals surface area (Å²) in [5, 5.41) is 10.6. The van der Waals surface area contributed by atoms with E-state index in [-0.39, 0.29) is 12.2 Å². The molecule has 1 heterocycles. The van der Waals surface area contributed by atoms with Crippen molar-refractivity contribution >= 4 is 23.4 Å². The zero-order chi connectivity index (χ0) is 27.1. The van der Waals surface area contributed by atoms with Gasteiger partial charge in [-0.25, -0.2) is 0 Å². The van der Waals surface area contributed by atoms with Crippen molar-refractivity contribution in [3.05, 3.63) is 70.2 Å². The Kier molecular flexibility index (Phi) is 9.51. The average molecular weight is 556 g/mol. The Balaban J connectivity index is 1.47. The second kappa shape index (κ2) is 13.0. The summed E-state index contributed by atoms with van der Waals surface area (Å²) < 4.78 is 34.5. The molecule has 0 N–H and O–H groups in total. The molecule has 0 radical (unpaired) electrons. The van der Waals surface area contributed by atoms with E-state index in [0.29, 0.717) is 51.7 Å². The van der Waals surface area contributed by atoms with Crippen molar-refractivity contribution in [1.29, 1.82) is 5.26 Å². The first-order chi connectivity index (χ1) is 18.5. The summed E-state index contributed by atoms with van der Waals surface area (Å²) in [4.78, 5) is 1.10. The van der Waals surface area contributed by atoms with Crippen LogP contribution < -0.4 is 23.7 Å². The van der Waals surface area contributed by atoms with Crippen molar-refractivity contribution in [2.45, 2.75) is 29.9 Å². The number of methoxy groups -OCH3 is 4. The van der Waals surface area contributed by atoms with Gasteiger partial charge in [0.05, 0.1) is 52.8 Å². The summed E-state index contributed by atoms with van der Waals surface area (Å²) in [6.07, 6.45) is 1.22. The van der Waals surface area contributed by atoms with Crippen LogP contribution in [0.5, 0.6) is 28.7 Å². The Bertz CT molecular complexity index is 1270. The van der Waals surface area contributed by atoms with Crippen molar-refractivity contribution < 1.29 is 28.4 Å². The SMILES string of the molecule is COc1cc([C@@H]2CC[C@@H](c3cc(OC)c(OC)c(OC)c3)O2)cc(C#N)c1OCCSc1ccc(Cl)cc1. The van der Waals surface area contributed by atoms with Gasteiger partial charge in [-0.15, -0.1) is 11.8 Å². The molecule has 2 atom stereocenters. The Hall–Kier alpha value is -3.25. The Morgan fingerprint density at radius 3 is 1.92 bits per heavy atom. The summed E-state index contributed by atoms with van der Waals surface area (Å²) >= 11 is 7.60. The maximum absolute atomic E-state index is 9.88. The lowest BCUT2D eigenvalue weighted by molar-refractivity contribution is 0.0436. The number of thioether (sulfide) groups is 1. The third kappa shape index (κ3) is 6.24. The predicted octanol–water partition coefficient (Wildman–Crippen LogP) is 7.01. The summed E-state index contributed by atoms with van der Waals surface area (Å²) in [6, 6.07) is 17.5. The van der Waals surface area contributed by atoms with Gasteiger partial charge in [0.2, 0.25) is 5.75 Å². The predicted molar refractivity (Wildman–Crippen MR) is 147 cm³/mol. The summed E-state index contributed by atoms with van der Waals surface area (Å²) in [5.41, 5.74) is 2.22. The van der Waals surface area contributed by atoms with Gasteiger partial charge in [0.25, 0.3) is 0 Å². The quantitative estimate of drug-likeness (QED) is 0.185. The lowest BCUT2D eigenvalue weighted by atomic mass is 10.0. The third-order valence-corrected chi connectivity index (χ3v) is 7.51. The van der Waals surface area contributed by atoms with E-state index in [1.807, 2.05) is 48.5 Å². The van der Waals surface area contributed by atoms with E-state index >= 15 is 0 Å². The number of rotatable bonds is 11. The van der Waals surface area contributed by atoms with Gasteiger partial charge in [-0.05, 0) is 72.5 Å². The first kappa shape index (κ1) is 27.8. The van der Waals surface area contributed by atoms with Gasteiger partial charge in [-0.3, -0.25) is 0 Å². The lowest BCUT2D eigenvalue weighted by Crippen LogP contribution is -2.06. The molecule has 0 spiro atoms. The number of halogens is 1. The second-order valence-corrected chi connectivity index (χ2v) is 10.1. The number of ether oxygens (including phenoxy) is 6. The van der Waals surface area contributed by atoms with Gasteiger partial charge in [-0.2, -0.15) is 5.26 Å². The molecule has 200 valence electrons. The Morgan fingerprint density at radius 1 is 0.842 bits per heavy atom. The maximum atomic E-state index is 9.88. The first-order valence-corrected chi connectivity index (χ1v) is 13.5. The highest BCUT2D eigenvalue weighted by Gasteiger charge is 2.31. The van der Waals surface area contributed by atoms with Crippen LogP contribution >= 0.6 is 23.4 Å². The minimum absolute atomic E-state index is 0.161. The van der Waals surface area contributed by atoms with Crippen LogP contribution in [0.3, 0.4) is 0 Å². The molecule has 9 heteroatoms. The number of hydrogen-bond donors (Lipinski definition) is 0. The highest BCUT2D eigenvalue weighted by atomic mass is 35.5. The van der Waals surface area contributed by atoms with E-state index in [9.17, 15) is 5.26 Å². The van der Waals surface area contributed by atoms with Gasteiger partial charge < -0.3 is 28.4 Å². The van der Waals surface area contributed by atoms with Gasteiger partial charge in [0.15, 0.2) is 23.0 Å². The van der Waals surface area contributed by atoms with Gasteiger partial charge in [0.1, 0.15) is 6.07 Å². The van der Waals surface area contributed by atoms with E-state index in [2.05, 4.69) is 6.07 Å². The smallest absolute Gasteiger partial charge is 0.203 e. The molecule has 1 aliphatic heterocycles. The lowest BCUT2D eigenvalue weighted by Gasteiger charge is -2.19. The molecule has 1 fully saturated rings. The number of benzene rings is 3. The minimum atomic E-state index is -0.199. The standard InChI is InChI=1S/C29H30ClNO6S/c1-32-25-14-18(13-20(17-31)28(25)36-11-12-38-22-7-5-21(30)6-8-22)23-9-10-24(37-23)19-15-26(33-2)29(35-4)27(16-19)34-3/h5-8,13-16,23-24H,9-12H2,1-4H3/t23-,24-/m0/s1. The van der Waals surface area contributed by atoms with E-state index in [0.717, 1.165) is 28.9 Å². The fraction of sp³-hybridized carbons (Fsp3) is 0.345. The molecular weight excluding hydrogens is 526 g/mol. The van der Waals surface area contributed by atoms with Crippen LogP contribution in [0.2, 0.25) is 5.02 Å². The fourth-order valence-electron chi connectivity index (χ4n) is 4.44. The van der Waals surface area contributed by atoms with Crippen LogP contribution in [0.15, 0.2) is 53.4 Å². The maximum Gasteiger partial charge on any atom is 0.203 e. The Morgan fingerprint density at radius 2 is 1.39 bits per heavy atom. The molecule has 0 bridgehead atoms. The summed E-state index contributed by atoms with van der Waals surface area (Å²) in [7, 11) is 6.34. The van der Waals surface area contributed by atoms with Gasteiger partial charge in [-0.1, -0.05) is 11.6 Å². The van der Waals surface area contributed by atoms with Crippen LogP contribution in [0.4, 0.5) is 0 Å². The molecule has 0 aromatic heterocycles. The van der Waals surface area contributed by atoms with E-state index < -0.39 is 0 Å². The van der Waals surface area contributed by atoms with Crippen molar-refractivity contribution in [3.8, 4) is 34.8 Å². The zero-order valence-corrected chi connectivity index (χ0v) is 23.4. The molecule has 7 nitrogen and oxygen atoms in total. The molecular formula is C29H30ClNO6S. The molecule has 0 saturated carbocycles. The average Bonchev–Trinajstić information content (AvgIpc) is 3.45. The summed E-state index contributed by atoms with van der Waals surface area (Å²) in [6.45, 7) is 0.417. The molecule has 0 amide bonds. The first-order valence-electron chi connectivity index (χ1n) is 12.1. The van der Waals surface area contributed by atoms with Gasteiger partial charge >= 0.3 is 0 Å². The molecule has 1 saturated heterocycles. The molecule has 0 aliphatic carbocycles. The highest BCUT2D eigenvalue weighted by Crippen LogP contribution is 2.47. The molecule has 0 unspecified atom stereocenters. The normalized spacial score (nSPS) is 16.5. The monoisotopic (exact) mass is 555 g/mol. The van der Waals surface area contributed by atoms with Gasteiger partial charge in [0, 0.05) is 15.7 Å². The molecule has 1 aliphatic rings. The molecule has 38 heavy (non-hydrogen) atoms. The summed E-state index contributed by atoms with van der Waals surface area (Å²) in [5.74, 6) is 3.36. The van der Waals surface area contributed by atoms with Crippen molar-refractivity contribution in [2.24, 2.45) is 0 Å². The number of hydrogen-bond acceptors (Lipinski definition) is 8. The highest BCUT2D eigenvalue weighted by molar-refractivity contribution is 7.99. The fourth-order valence-corrected chi connectivity index (χ4v) is 5.30. The van der Waals surface area contributed by atoms with Crippen molar-refractivity contribution in [1.82, 2.24) is 0 Å². The van der Waals surface area contributed by atoms with Crippen LogP contribution in [-0.2, 0) is 4.74 Å². The molecule has 3 aromatic carbocycles. The van der Waals surface area contributed by atoms with Crippen molar-refractivity contribution in [2.75, 3.05) is 40.8 Å². The third-order valence-electron chi connectivity index (χ3n) is 6.28. The van der Waals surface area contributed by atoms with E-state index in [1.165, 1.54) is 0 Å². The van der Waals surface area contributed by atoms with Crippen LogP contribution in [0, 0.1) is 11.3 Å². The van der Waals surface area contributed by atoms with E-state index in [1.54, 1.807) is 40.2 Å². The second-order valence-electron chi connectivity index (χ2n) is 8.51. The van der Waals surface area contributed by atoms with Crippen molar-refractivity contribution in [3.63, 3.8) is 0 Å². The van der Waals surface area contributed by atoms with Crippen LogP contribution in [-0.4, -0.2) is 40.8 Å². The number of nitrogens with zero attached hydrogens (tertiary/aromatic N) is 1. The van der Waals surface area contributed by atoms with E-state index in [4.69, 9.17) is 40.0 Å². The molecule has 4 rings (SSSR count). The largest absolute Gasteiger partial charge is 0.493 e. The number of nitriles is 1. The topological polar surface area (TPSA) is 79.2 Å². The zero-order valence-electron chi connectivity index (χ0n) is 21.8. The van der Waals surface area contributed by atoms with Crippen LogP contribution in [0.25, 0.3) is 0 Å². The minimum Gasteiger partial charge on any atom is -0.493 e. The molecule has 3 aromatic rings. The van der Waals surface area contributed by atoms with Crippen LogP contribution in [0.1, 0.15) is 41.7 Å². The Labute approximate surface area is 232 Å².